The van der Waals surface area contributed by atoms with Crippen LogP contribution in [-0.2, 0) is 14.3 Å². The monoisotopic (exact) mass is 416 g/mol. The second-order valence-corrected chi connectivity index (χ2v) is 7.35. The number of carbonyl (C=O) groups excluding carboxylic acids is 2. The van der Waals surface area contributed by atoms with Gasteiger partial charge in [-0.15, -0.1) is 0 Å². The zero-order valence-corrected chi connectivity index (χ0v) is 17.3. The number of hydrogen-bond acceptors (Lipinski definition) is 6. The summed E-state index contributed by atoms with van der Waals surface area (Å²) in [6, 6.07) is 23.4. The number of carbonyl (C=O) groups is 2. The van der Waals surface area contributed by atoms with Crippen LogP contribution in [0.2, 0.25) is 0 Å². The molecule has 0 radical (unpaired) electrons. The third-order valence-electron chi connectivity index (χ3n) is 4.27. The van der Waals surface area contributed by atoms with Crippen LogP contribution in [0.15, 0.2) is 71.8 Å². The minimum absolute atomic E-state index is 0.0347. The minimum atomic E-state index is -0.542. The number of pyridine rings is 1. The molecule has 0 N–H and O–H groups in total. The average molecular weight is 417 g/mol. The molecule has 0 aliphatic rings. The zero-order chi connectivity index (χ0) is 21.3. The standard InChI is InChI=1S/C24H20N2O3S/c1-2-29-23(28)13-19(27)16-30-24-21(15-25)20(17-9-5-3-6-10-17)14-22(26-24)18-11-7-4-8-12-18/h3-12,14H,2,13,16H2,1H3. The molecule has 0 saturated heterocycles. The van der Waals surface area contributed by atoms with E-state index in [4.69, 9.17) is 4.74 Å². The summed E-state index contributed by atoms with van der Waals surface area (Å²) in [4.78, 5) is 28.4. The number of aromatic nitrogens is 1. The van der Waals surface area contributed by atoms with Gasteiger partial charge in [0.05, 0.1) is 23.6 Å². The van der Waals surface area contributed by atoms with E-state index in [1.807, 2.05) is 66.7 Å². The highest BCUT2D eigenvalue weighted by Crippen LogP contribution is 2.34. The highest BCUT2D eigenvalue weighted by molar-refractivity contribution is 8.00. The zero-order valence-electron chi connectivity index (χ0n) is 16.5. The van der Waals surface area contributed by atoms with Crippen molar-refractivity contribution in [3.63, 3.8) is 0 Å². The number of ketones is 1. The maximum absolute atomic E-state index is 12.2. The maximum Gasteiger partial charge on any atom is 0.313 e. The Labute approximate surface area is 179 Å². The summed E-state index contributed by atoms with van der Waals surface area (Å²) in [5.74, 6) is -0.775. The molecule has 0 unspecified atom stereocenters. The topological polar surface area (TPSA) is 80.1 Å². The first-order chi connectivity index (χ1) is 14.6. The number of ether oxygens (including phenoxy) is 1. The molecule has 150 valence electrons. The van der Waals surface area contributed by atoms with Crippen LogP contribution >= 0.6 is 11.8 Å². The Hall–Kier alpha value is -3.43. The van der Waals surface area contributed by atoms with Gasteiger partial charge in [-0.25, -0.2) is 4.98 Å². The van der Waals surface area contributed by atoms with Crippen LogP contribution in [0, 0.1) is 11.3 Å². The summed E-state index contributed by atoms with van der Waals surface area (Å²) >= 11 is 1.17. The van der Waals surface area contributed by atoms with Gasteiger partial charge in [-0.05, 0) is 18.6 Å². The molecule has 6 heteroatoms. The molecule has 3 rings (SSSR count). The minimum Gasteiger partial charge on any atom is -0.466 e. The number of Topliss-reactive ketones (excluding diaryl/α,β-unsaturated/α-hetero) is 1. The Morgan fingerprint density at radius 1 is 1.03 bits per heavy atom. The van der Waals surface area contributed by atoms with E-state index in [1.165, 1.54) is 11.8 Å². The Balaban J connectivity index is 1.98. The fourth-order valence-electron chi connectivity index (χ4n) is 2.91. The second-order valence-electron chi connectivity index (χ2n) is 6.39. The van der Waals surface area contributed by atoms with Gasteiger partial charge >= 0.3 is 5.97 Å². The van der Waals surface area contributed by atoms with Crippen LogP contribution in [0.5, 0.6) is 0 Å². The van der Waals surface area contributed by atoms with E-state index in [0.717, 1.165) is 16.7 Å². The van der Waals surface area contributed by atoms with Crippen molar-refractivity contribution < 1.29 is 14.3 Å². The van der Waals surface area contributed by atoms with Crippen molar-refractivity contribution in [2.75, 3.05) is 12.4 Å². The molecular weight excluding hydrogens is 396 g/mol. The fraction of sp³-hybridized carbons (Fsp3) is 0.167. The largest absolute Gasteiger partial charge is 0.466 e. The molecule has 5 nitrogen and oxygen atoms in total. The molecular formula is C24H20N2O3S. The van der Waals surface area contributed by atoms with Crippen LogP contribution in [0.1, 0.15) is 18.9 Å². The van der Waals surface area contributed by atoms with Gasteiger partial charge in [0.1, 0.15) is 17.5 Å². The first-order valence-corrected chi connectivity index (χ1v) is 10.5. The summed E-state index contributed by atoms with van der Waals surface area (Å²) in [5.41, 5.74) is 3.70. The van der Waals surface area contributed by atoms with Crippen LogP contribution in [-0.4, -0.2) is 29.1 Å². The summed E-state index contributed by atoms with van der Waals surface area (Å²) in [6.07, 6.45) is -0.285. The number of nitrogens with zero attached hydrogens (tertiary/aromatic N) is 2. The third-order valence-corrected chi connectivity index (χ3v) is 5.30. The molecule has 30 heavy (non-hydrogen) atoms. The van der Waals surface area contributed by atoms with Crippen molar-refractivity contribution in [3.05, 3.63) is 72.3 Å². The van der Waals surface area contributed by atoms with Gasteiger partial charge in [-0.3, -0.25) is 9.59 Å². The lowest BCUT2D eigenvalue weighted by atomic mass is 9.99. The molecule has 1 aromatic heterocycles. The first-order valence-electron chi connectivity index (χ1n) is 9.48. The Kier molecular flexibility index (Phi) is 7.36. The van der Waals surface area contributed by atoms with Crippen LogP contribution < -0.4 is 0 Å². The summed E-state index contributed by atoms with van der Waals surface area (Å²) < 4.78 is 4.83. The van der Waals surface area contributed by atoms with E-state index < -0.39 is 5.97 Å². The highest BCUT2D eigenvalue weighted by Gasteiger charge is 2.18. The molecule has 0 bridgehead atoms. The van der Waals surface area contributed by atoms with Crippen molar-refractivity contribution in [3.8, 4) is 28.5 Å². The van der Waals surface area contributed by atoms with Gasteiger partial charge in [0.25, 0.3) is 0 Å². The fourth-order valence-corrected chi connectivity index (χ4v) is 3.77. The Morgan fingerprint density at radius 3 is 2.27 bits per heavy atom. The van der Waals surface area contributed by atoms with Crippen molar-refractivity contribution >= 4 is 23.5 Å². The summed E-state index contributed by atoms with van der Waals surface area (Å²) in [6.45, 7) is 1.93. The summed E-state index contributed by atoms with van der Waals surface area (Å²) in [7, 11) is 0. The number of hydrogen-bond donors (Lipinski definition) is 0. The Morgan fingerprint density at radius 2 is 1.67 bits per heavy atom. The number of nitriles is 1. The molecule has 0 spiro atoms. The van der Waals surface area contributed by atoms with Crippen molar-refractivity contribution in [1.29, 1.82) is 5.26 Å². The van der Waals surface area contributed by atoms with Crippen LogP contribution in [0.4, 0.5) is 0 Å². The molecule has 2 aromatic carbocycles. The van der Waals surface area contributed by atoms with Gasteiger partial charge < -0.3 is 4.74 Å². The smallest absolute Gasteiger partial charge is 0.313 e. The predicted molar refractivity (Wildman–Crippen MR) is 117 cm³/mol. The lowest BCUT2D eigenvalue weighted by Crippen LogP contribution is -2.13. The predicted octanol–water partition coefficient (Wildman–Crippen LogP) is 4.90. The van der Waals surface area contributed by atoms with Crippen molar-refractivity contribution in [2.24, 2.45) is 0 Å². The number of thioether (sulfide) groups is 1. The number of rotatable bonds is 8. The van der Waals surface area contributed by atoms with Gasteiger partial charge in [-0.1, -0.05) is 72.4 Å². The lowest BCUT2D eigenvalue weighted by Gasteiger charge is -2.12. The molecule has 0 amide bonds. The van der Waals surface area contributed by atoms with Crippen LogP contribution in [0.3, 0.4) is 0 Å². The summed E-state index contributed by atoms with van der Waals surface area (Å²) in [5, 5.41) is 10.3. The number of esters is 1. The molecule has 3 aromatic rings. The quantitative estimate of drug-likeness (QED) is 0.295. The second kappa shape index (κ2) is 10.4. The van der Waals surface area contributed by atoms with Gasteiger partial charge in [0, 0.05) is 11.1 Å². The molecule has 0 fully saturated rings. The van der Waals surface area contributed by atoms with E-state index >= 15 is 0 Å². The van der Waals surface area contributed by atoms with E-state index in [0.29, 0.717) is 16.3 Å². The van der Waals surface area contributed by atoms with Crippen molar-refractivity contribution in [2.45, 2.75) is 18.4 Å². The number of benzene rings is 2. The highest BCUT2D eigenvalue weighted by atomic mass is 32.2. The first kappa shape index (κ1) is 21.3. The van der Waals surface area contributed by atoms with Crippen LogP contribution in [0.25, 0.3) is 22.4 Å². The normalized spacial score (nSPS) is 10.3. The maximum atomic E-state index is 12.2. The average Bonchev–Trinajstić information content (AvgIpc) is 2.78. The van der Waals surface area contributed by atoms with Gasteiger partial charge in [-0.2, -0.15) is 5.26 Å². The lowest BCUT2D eigenvalue weighted by molar-refractivity contribution is -0.145. The van der Waals surface area contributed by atoms with Gasteiger partial charge in [0.15, 0.2) is 5.78 Å². The molecule has 1 heterocycles. The molecule has 0 aliphatic carbocycles. The molecule has 0 saturated carbocycles. The van der Waals surface area contributed by atoms with E-state index in [-0.39, 0.29) is 24.6 Å². The molecule has 0 atom stereocenters. The van der Waals surface area contributed by atoms with E-state index in [2.05, 4.69) is 11.1 Å². The SMILES string of the molecule is CCOC(=O)CC(=O)CSc1nc(-c2ccccc2)cc(-c2ccccc2)c1C#N. The Bertz CT molecular complexity index is 1080. The molecule has 0 aliphatic heterocycles. The van der Waals surface area contributed by atoms with E-state index in [1.54, 1.807) is 6.92 Å². The van der Waals surface area contributed by atoms with E-state index in [9.17, 15) is 14.9 Å². The van der Waals surface area contributed by atoms with Crippen molar-refractivity contribution in [1.82, 2.24) is 4.98 Å². The van der Waals surface area contributed by atoms with Gasteiger partial charge in [0.2, 0.25) is 0 Å². The third kappa shape index (κ3) is 5.34.